The highest BCUT2D eigenvalue weighted by atomic mass is 32.2. The van der Waals surface area contributed by atoms with E-state index >= 15 is 0 Å². The second-order valence-electron chi connectivity index (χ2n) is 8.66. The van der Waals surface area contributed by atoms with E-state index in [0.717, 1.165) is 28.5 Å². The van der Waals surface area contributed by atoms with Crippen LogP contribution in [0.3, 0.4) is 0 Å². The Hall–Kier alpha value is -3.13. The molecular formula is C25H28N2O5S. The van der Waals surface area contributed by atoms with Crippen molar-refractivity contribution in [1.82, 2.24) is 4.90 Å². The SMILES string of the molecule is Cc1ccccc1-c1cc(=O)oc2cc(OC(C)C(=O)N3CCCC(S(C)(=N)=O)C3)ccc12. The van der Waals surface area contributed by atoms with Crippen LogP contribution < -0.4 is 10.4 Å². The number of carbonyl (C=O) groups excluding carboxylic acids is 1. The highest BCUT2D eigenvalue weighted by molar-refractivity contribution is 7.92. The number of hydrogen-bond donors (Lipinski definition) is 1. The van der Waals surface area contributed by atoms with Gasteiger partial charge in [0.05, 0.1) is 5.25 Å². The van der Waals surface area contributed by atoms with Crippen molar-refractivity contribution in [1.29, 1.82) is 4.78 Å². The lowest BCUT2D eigenvalue weighted by Gasteiger charge is -2.34. The van der Waals surface area contributed by atoms with Crippen molar-refractivity contribution >= 4 is 26.6 Å². The summed E-state index contributed by atoms with van der Waals surface area (Å²) in [5.41, 5.74) is 2.71. The van der Waals surface area contributed by atoms with Crippen LogP contribution in [-0.4, -0.2) is 45.7 Å². The molecule has 0 aliphatic carbocycles. The van der Waals surface area contributed by atoms with Crippen molar-refractivity contribution in [3.05, 3.63) is 64.5 Å². The molecule has 2 heterocycles. The lowest BCUT2D eigenvalue weighted by Crippen LogP contribution is -2.48. The van der Waals surface area contributed by atoms with Gasteiger partial charge in [-0.1, -0.05) is 24.3 Å². The lowest BCUT2D eigenvalue weighted by molar-refractivity contribution is -0.138. The molecule has 1 aromatic heterocycles. The third-order valence-electron chi connectivity index (χ3n) is 6.14. The highest BCUT2D eigenvalue weighted by Crippen LogP contribution is 2.32. The van der Waals surface area contributed by atoms with Crippen molar-refractivity contribution in [2.24, 2.45) is 0 Å². The summed E-state index contributed by atoms with van der Waals surface area (Å²) in [6.45, 7) is 4.52. The molecule has 3 atom stereocenters. The zero-order chi connectivity index (χ0) is 23.8. The summed E-state index contributed by atoms with van der Waals surface area (Å²) in [5.74, 6) is 0.209. The van der Waals surface area contributed by atoms with Crippen LogP contribution >= 0.6 is 0 Å². The fraction of sp³-hybridized carbons (Fsp3) is 0.360. The average Bonchev–Trinajstić information content (AvgIpc) is 2.77. The molecule has 0 bridgehead atoms. The number of nitrogens with zero attached hydrogens (tertiary/aromatic N) is 1. The zero-order valence-electron chi connectivity index (χ0n) is 19.0. The number of carbonyl (C=O) groups is 1. The van der Waals surface area contributed by atoms with Crippen LogP contribution in [0.25, 0.3) is 22.1 Å². The normalized spacial score (nSPS) is 19.1. The summed E-state index contributed by atoms with van der Waals surface area (Å²) in [7, 11) is -2.71. The Bertz CT molecular complexity index is 1360. The van der Waals surface area contributed by atoms with Crippen LogP contribution in [0.4, 0.5) is 0 Å². The molecule has 0 radical (unpaired) electrons. The van der Waals surface area contributed by atoms with Gasteiger partial charge in [-0.05, 0) is 49.9 Å². The molecule has 1 amide bonds. The quantitative estimate of drug-likeness (QED) is 0.566. The topological polar surface area (TPSA) is 101 Å². The molecule has 1 fully saturated rings. The molecule has 0 saturated carbocycles. The smallest absolute Gasteiger partial charge is 0.336 e. The van der Waals surface area contributed by atoms with Crippen LogP contribution in [0.15, 0.2) is 57.7 Å². The van der Waals surface area contributed by atoms with Crippen LogP contribution in [0.1, 0.15) is 25.3 Å². The maximum Gasteiger partial charge on any atom is 0.336 e. The maximum absolute atomic E-state index is 12.9. The third-order valence-corrected chi connectivity index (χ3v) is 7.79. The van der Waals surface area contributed by atoms with Crippen molar-refractivity contribution in [2.75, 3.05) is 19.3 Å². The number of piperidine rings is 1. The largest absolute Gasteiger partial charge is 0.481 e. The van der Waals surface area contributed by atoms with Gasteiger partial charge < -0.3 is 14.1 Å². The van der Waals surface area contributed by atoms with Gasteiger partial charge in [-0.3, -0.25) is 9.57 Å². The van der Waals surface area contributed by atoms with Crippen LogP contribution in [0.5, 0.6) is 5.75 Å². The second kappa shape index (κ2) is 9.02. The third kappa shape index (κ3) is 4.95. The number of benzene rings is 2. The van der Waals surface area contributed by atoms with E-state index in [0.29, 0.717) is 30.8 Å². The Morgan fingerprint density at radius 1 is 1.21 bits per heavy atom. The van der Waals surface area contributed by atoms with E-state index < -0.39 is 21.5 Å². The van der Waals surface area contributed by atoms with Crippen molar-refractivity contribution in [3.8, 4) is 16.9 Å². The van der Waals surface area contributed by atoms with Gasteiger partial charge in [-0.15, -0.1) is 0 Å². The van der Waals surface area contributed by atoms with Crippen molar-refractivity contribution in [3.63, 3.8) is 0 Å². The molecule has 7 nitrogen and oxygen atoms in total. The number of amides is 1. The van der Waals surface area contributed by atoms with Gasteiger partial charge in [0.15, 0.2) is 6.10 Å². The summed E-state index contributed by atoms with van der Waals surface area (Å²) in [4.78, 5) is 26.8. The molecule has 3 aromatic rings. The minimum Gasteiger partial charge on any atom is -0.481 e. The Morgan fingerprint density at radius 3 is 2.70 bits per heavy atom. The average molecular weight is 469 g/mol. The first-order valence-corrected chi connectivity index (χ1v) is 13.0. The summed E-state index contributed by atoms with van der Waals surface area (Å²) in [6, 6.07) is 14.5. The van der Waals surface area contributed by atoms with Gasteiger partial charge in [0, 0.05) is 52.2 Å². The molecule has 8 heteroatoms. The Labute approximate surface area is 193 Å². The van der Waals surface area contributed by atoms with E-state index in [4.69, 9.17) is 13.9 Å². The van der Waals surface area contributed by atoms with E-state index in [-0.39, 0.29) is 11.2 Å². The number of ether oxygens (including phenoxy) is 1. The fourth-order valence-electron chi connectivity index (χ4n) is 4.33. The van der Waals surface area contributed by atoms with Gasteiger partial charge in [0.2, 0.25) is 0 Å². The molecule has 174 valence electrons. The number of hydrogen-bond acceptors (Lipinski definition) is 6. The van der Waals surface area contributed by atoms with E-state index in [1.807, 2.05) is 37.3 Å². The first kappa shape index (κ1) is 23.0. The molecule has 1 saturated heterocycles. The van der Waals surface area contributed by atoms with Gasteiger partial charge in [-0.2, -0.15) is 0 Å². The van der Waals surface area contributed by atoms with Crippen LogP contribution in [-0.2, 0) is 14.5 Å². The molecule has 2 aromatic carbocycles. The molecule has 1 N–H and O–H groups in total. The van der Waals surface area contributed by atoms with Gasteiger partial charge >= 0.3 is 5.63 Å². The van der Waals surface area contributed by atoms with Gasteiger partial charge in [0.1, 0.15) is 11.3 Å². The molecule has 4 rings (SSSR count). The molecular weight excluding hydrogens is 440 g/mol. The standard InChI is InChI=1S/C25H28N2O5S/c1-16-7-4-5-9-20(16)22-14-24(28)32-23-13-18(10-11-21(22)23)31-17(2)25(29)27-12-6-8-19(15-27)33(3,26)30/h4-5,7,9-11,13-14,17,19,26H,6,8,12,15H2,1-3H3. The summed E-state index contributed by atoms with van der Waals surface area (Å²) >= 11 is 0. The fourth-order valence-corrected chi connectivity index (χ4v) is 5.41. The maximum atomic E-state index is 12.9. The Morgan fingerprint density at radius 2 is 1.97 bits per heavy atom. The Kier molecular flexibility index (Phi) is 6.30. The van der Waals surface area contributed by atoms with Crippen molar-refractivity contribution < 1.29 is 18.2 Å². The van der Waals surface area contributed by atoms with E-state index in [9.17, 15) is 13.8 Å². The Balaban J connectivity index is 1.58. The molecule has 33 heavy (non-hydrogen) atoms. The van der Waals surface area contributed by atoms with E-state index in [1.165, 1.54) is 12.3 Å². The minimum absolute atomic E-state index is 0.210. The molecule has 0 spiro atoms. The van der Waals surface area contributed by atoms with Crippen LogP contribution in [0.2, 0.25) is 0 Å². The number of fused-ring (bicyclic) bond motifs is 1. The van der Waals surface area contributed by atoms with Gasteiger partial charge in [-0.25, -0.2) is 9.00 Å². The second-order valence-corrected chi connectivity index (χ2v) is 11.1. The summed E-state index contributed by atoms with van der Waals surface area (Å²) < 4.78 is 31.3. The molecule has 3 unspecified atom stereocenters. The number of likely N-dealkylation sites (tertiary alicyclic amines) is 1. The van der Waals surface area contributed by atoms with Gasteiger partial charge in [0.25, 0.3) is 5.91 Å². The predicted molar refractivity (Wildman–Crippen MR) is 129 cm³/mol. The summed E-state index contributed by atoms with van der Waals surface area (Å²) in [6.07, 6.45) is 2.06. The summed E-state index contributed by atoms with van der Waals surface area (Å²) in [5, 5.41) is 0.458. The van der Waals surface area contributed by atoms with Crippen molar-refractivity contribution in [2.45, 2.75) is 38.0 Å². The molecule has 1 aliphatic heterocycles. The monoisotopic (exact) mass is 468 g/mol. The van der Waals surface area contributed by atoms with E-state index in [1.54, 1.807) is 24.0 Å². The number of rotatable bonds is 5. The highest BCUT2D eigenvalue weighted by Gasteiger charge is 2.31. The van der Waals surface area contributed by atoms with Crippen LogP contribution in [0, 0.1) is 11.7 Å². The first-order valence-electron chi connectivity index (χ1n) is 11.0. The zero-order valence-corrected chi connectivity index (χ0v) is 19.8. The number of nitrogens with one attached hydrogen (secondary N) is 1. The van der Waals surface area contributed by atoms with E-state index in [2.05, 4.69) is 0 Å². The molecule has 1 aliphatic rings. The minimum atomic E-state index is -2.71. The predicted octanol–water partition coefficient (Wildman–Crippen LogP) is 4.20. The number of aryl methyl sites for hydroxylation is 1. The first-order chi connectivity index (χ1) is 15.6. The lowest BCUT2D eigenvalue weighted by atomic mass is 9.98.